The van der Waals surface area contributed by atoms with Crippen molar-refractivity contribution in [1.82, 2.24) is 5.32 Å². The second-order valence-electron chi connectivity index (χ2n) is 5.44. The second-order valence-corrected chi connectivity index (χ2v) is 6.79. The van der Waals surface area contributed by atoms with Crippen molar-refractivity contribution in [2.24, 2.45) is 5.73 Å². The number of carbonyl (C=O) groups is 2. The zero-order chi connectivity index (χ0) is 19.4. The molecule has 1 rings (SSSR count). The van der Waals surface area contributed by atoms with Crippen LogP contribution in [0, 0.1) is 0 Å². The monoisotopic (exact) mass is 398 g/mol. The number of amides is 1. The standard InChI is InChI=1S/C18H26N2O4S2/c1-23-18(22)16(8-10-26-2)20-17(21)13-5-3-7-15(11-13)24-9-4-6-14(19)12-25/h3-7,11,14,16,25H,8-10,12,19H2,1-2H3,(H,20,21). The topological polar surface area (TPSA) is 90.6 Å². The molecule has 6 nitrogen and oxygen atoms in total. The highest BCUT2D eigenvalue weighted by Gasteiger charge is 2.21. The van der Waals surface area contributed by atoms with E-state index in [4.69, 9.17) is 15.2 Å². The van der Waals surface area contributed by atoms with Gasteiger partial charge >= 0.3 is 5.97 Å². The molecule has 0 bridgehead atoms. The molecule has 26 heavy (non-hydrogen) atoms. The lowest BCUT2D eigenvalue weighted by molar-refractivity contribution is -0.142. The normalized spacial score (nSPS) is 13.2. The van der Waals surface area contributed by atoms with Gasteiger partial charge in [-0.1, -0.05) is 12.1 Å². The zero-order valence-electron chi connectivity index (χ0n) is 15.0. The molecule has 1 aromatic rings. The summed E-state index contributed by atoms with van der Waals surface area (Å²) in [4.78, 5) is 24.2. The number of esters is 1. The van der Waals surface area contributed by atoms with Gasteiger partial charge in [0.15, 0.2) is 0 Å². The predicted octanol–water partition coefficient (Wildman–Crippen LogP) is 1.90. The average Bonchev–Trinajstić information content (AvgIpc) is 2.67. The summed E-state index contributed by atoms with van der Waals surface area (Å²) < 4.78 is 10.3. The van der Waals surface area contributed by atoms with Crippen molar-refractivity contribution in [2.75, 3.05) is 31.5 Å². The number of thioether (sulfide) groups is 1. The Morgan fingerprint density at radius 1 is 1.42 bits per heavy atom. The van der Waals surface area contributed by atoms with E-state index in [2.05, 4.69) is 17.9 Å². The fourth-order valence-corrected chi connectivity index (χ4v) is 2.62. The lowest BCUT2D eigenvalue weighted by atomic mass is 10.1. The van der Waals surface area contributed by atoms with Crippen LogP contribution in [0.5, 0.6) is 5.75 Å². The molecular formula is C18H26N2O4S2. The molecular weight excluding hydrogens is 372 g/mol. The third kappa shape index (κ3) is 8.16. The summed E-state index contributed by atoms with van der Waals surface area (Å²) in [6.07, 6.45) is 6.07. The molecule has 3 N–H and O–H groups in total. The third-order valence-corrected chi connectivity index (χ3v) is 4.50. The van der Waals surface area contributed by atoms with Crippen molar-refractivity contribution in [2.45, 2.75) is 18.5 Å². The molecule has 0 aliphatic rings. The number of nitrogens with one attached hydrogen (secondary N) is 1. The minimum absolute atomic E-state index is 0.115. The lowest BCUT2D eigenvalue weighted by Crippen LogP contribution is -2.41. The Hall–Kier alpha value is -1.64. The number of rotatable bonds is 11. The highest BCUT2D eigenvalue weighted by molar-refractivity contribution is 7.98. The van der Waals surface area contributed by atoms with E-state index in [1.54, 1.807) is 36.0 Å². The molecule has 0 radical (unpaired) electrons. The van der Waals surface area contributed by atoms with Crippen LogP contribution in [0.3, 0.4) is 0 Å². The highest BCUT2D eigenvalue weighted by atomic mass is 32.2. The van der Waals surface area contributed by atoms with Crippen LogP contribution in [0.15, 0.2) is 36.4 Å². The summed E-state index contributed by atoms with van der Waals surface area (Å²) in [6, 6.07) is 5.99. The Morgan fingerprint density at radius 2 is 2.19 bits per heavy atom. The van der Waals surface area contributed by atoms with Crippen LogP contribution in [0.2, 0.25) is 0 Å². The van der Waals surface area contributed by atoms with Gasteiger partial charge in [0.1, 0.15) is 18.4 Å². The van der Waals surface area contributed by atoms with Crippen LogP contribution in [0.25, 0.3) is 0 Å². The molecule has 1 aromatic carbocycles. The van der Waals surface area contributed by atoms with Gasteiger partial charge in [0.05, 0.1) is 7.11 Å². The van der Waals surface area contributed by atoms with Gasteiger partial charge in [-0.3, -0.25) is 4.79 Å². The largest absolute Gasteiger partial charge is 0.490 e. The number of methoxy groups -OCH3 is 1. The molecule has 2 atom stereocenters. The fourth-order valence-electron chi connectivity index (χ4n) is 2.03. The van der Waals surface area contributed by atoms with E-state index in [1.165, 1.54) is 7.11 Å². The molecule has 0 saturated carbocycles. The van der Waals surface area contributed by atoms with Gasteiger partial charge in [-0.05, 0) is 42.7 Å². The molecule has 0 fully saturated rings. The Morgan fingerprint density at radius 3 is 2.85 bits per heavy atom. The second kappa shape index (κ2) is 12.7. The van der Waals surface area contributed by atoms with E-state index in [9.17, 15) is 9.59 Å². The van der Waals surface area contributed by atoms with Crippen LogP contribution in [0.4, 0.5) is 0 Å². The Kier molecular flexibility index (Phi) is 10.9. The van der Waals surface area contributed by atoms with Crippen LogP contribution in [0.1, 0.15) is 16.8 Å². The summed E-state index contributed by atoms with van der Waals surface area (Å²) in [5.41, 5.74) is 6.14. The number of ether oxygens (including phenoxy) is 2. The zero-order valence-corrected chi connectivity index (χ0v) is 16.7. The minimum Gasteiger partial charge on any atom is -0.490 e. The van der Waals surface area contributed by atoms with Gasteiger partial charge in [-0.2, -0.15) is 24.4 Å². The van der Waals surface area contributed by atoms with Crippen molar-refractivity contribution >= 4 is 36.3 Å². The summed E-state index contributed by atoms with van der Waals surface area (Å²) in [5, 5.41) is 2.71. The molecule has 144 valence electrons. The van der Waals surface area contributed by atoms with Crippen LogP contribution in [-0.2, 0) is 9.53 Å². The van der Waals surface area contributed by atoms with Crippen molar-refractivity contribution in [1.29, 1.82) is 0 Å². The molecule has 0 aliphatic heterocycles. The van der Waals surface area contributed by atoms with Crippen molar-refractivity contribution in [3.05, 3.63) is 42.0 Å². The SMILES string of the molecule is COC(=O)C(CCSC)NC(=O)c1cccc(OCC=CC(N)CS)c1. The summed E-state index contributed by atoms with van der Waals surface area (Å²) in [7, 11) is 1.31. The van der Waals surface area contributed by atoms with E-state index < -0.39 is 12.0 Å². The molecule has 0 heterocycles. The maximum absolute atomic E-state index is 12.4. The minimum atomic E-state index is -0.671. The molecule has 0 aliphatic carbocycles. The van der Waals surface area contributed by atoms with Gasteiger partial charge in [0.2, 0.25) is 0 Å². The predicted molar refractivity (Wildman–Crippen MR) is 109 cm³/mol. The molecule has 8 heteroatoms. The molecule has 1 amide bonds. The van der Waals surface area contributed by atoms with Crippen LogP contribution >= 0.6 is 24.4 Å². The van der Waals surface area contributed by atoms with E-state index >= 15 is 0 Å². The number of hydrogen-bond acceptors (Lipinski definition) is 7. The smallest absolute Gasteiger partial charge is 0.328 e. The first-order valence-electron chi connectivity index (χ1n) is 8.15. The van der Waals surface area contributed by atoms with E-state index in [-0.39, 0.29) is 11.9 Å². The average molecular weight is 399 g/mol. The maximum atomic E-state index is 12.4. The highest BCUT2D eigenvalue weighted by Crippen LogP contribution is 2.14. The number of hydrogen-bond donors (Lipinski definition) is 3. The van der Waals surface area contributed by atoms with E-state index in [0.29, 0.717) is 30.1 Å². The maximum Gasteiger partial charge on any atom is 0.328 e. The van der Waals surface area contributed by atoms with Gasteiger partial charge in [0.25, 0.3) is 5.91 Å². The summed E-state index contributed by atoms with van der Waals surface area (Å²) >= 11 is 5.70. The van der Waals surface area contributed by atoms with E-state index in [0.717, 1.165) is 5.75 Å². The van der Waals surface area contributed by atoms with Crippen LogP contribution in [-0.4, -0.2) is 55.4 Å². The van der Waals surface area contributed by atoms with Gasteiger partial charge < -0.3 is 20.5 Å². The Bertz CT molecular complexity index is 611. The molecule has 0 aromatic heterocycles. The first kappa shape index (κ1) is 22.4. The van der Waals surface area contributed by atoms with Gasteiger partial charge in [-0.15, -0.1) is 0 Å². The third-order valence-electron chi connectivity index (χ3n) is 3.44. The molecule has 0 spiro atoms. The quantitative estimate of drug-likeness (QED) is 0.300. The first-order chi connectivity index (χ1) is 12.5. The summed E-state index contributed by atoms with van der Waals surface area (Å²) in [5.74, 6) is 1.05. The number of carbonyl (C=O) groups excluding carboxylic acids is 2. The first-order valence-corrected chi connectivity index (χ1v) is 10.2. The lowest BCUT2D eigenvalue weighted by Gasteiger charge is -2.16. The number of nitrogens with two attached hydrogens (primary N) is 1. The van der Waals surface area contributed by atoms with Crippen LogP contribution < -0.4 is 15.8 Å². The fraction of sp³-hybridized carbons (Fsp3) is 0.444. The number of thiol groups is 1. The molecule has 2 unspecified atom stereocenters. The Balaban J connectivity index is 2.68. The van der Waals surface area contributed by atoms with Crippen molar-refractivity contribution in [3.63, 3.8) is 0 Å². The summed E-state index contributed by atoms with van der Waals surface area (Å²) in [6.45, 7) is 0.338. The van der Waals surface area contributed by atoms with Crippen molar-refractivity contribution in [3.8, 4) is 5.75 Å². The van der Waals surface area contributed by atoms with E-state index in [1.807, 2.05) is 18.4 Å². The van der Waals surface area contributed by atoms with Gasteiger partial charge in [0, 0.05) is 17.4 Å². The van der Waals surface area contributed by atoms with Gasteiger partial charge in [-0.25, -0.2) is 4.79 Å². The molecule has 0 saturated heterocycles. The Labute approximate surface area is 164 Å². The number of benzene rings is 1. The van der Waals surface area contributed by atoms with Crippen molar-refractivity contribution < 1.29 is 19.1 Å².